The molecule has 2 unspecified atom stereocenters. The van der Waals surface area contributed by atoms with Gasteiger partial charge in [-0.2, -0.15) is 0 Å². The fourth-order valence-electron chi connectivity index (χ4n) is 2.31. The Morgan fingerprint density at radius 3 is 2.41 bits per heavy atom. The van der Waals surface area contributed by atoms with E-state index in [9.17, 15) is 4.79 Å². The number of carbonyl (C=O) groups is 1. The van der Waals surface area contributed by atoms with Crippen LogP contribution >= 0.6 is 0 Å². The maximum atomic E-state index is 11.8. The van der Waals surface area contributed by atoms with Crippen molar-refractivity contribution in [1.82, 2.24) is 4.90 Å². The molecular weight excluding hydrogens is 218 g/mol. The third-order valence-corrected chi connectivity index (χ3v) is 3.15. The normalized spacial score (nSPS) is 24.8. The molecule has 17 heavy (non-hydrogen) atoms. The van der Waals surface area contributed by atoms with Gasteiger partial charge in [-0.1, -0.05) is 0 Å². The van der Waals surface area contributed by atoms with Gasteiger partial charge in [0.05, 0.1) is 0 Å². The van der Waals surface area contributed by atoms with E-state index >= 15 is 0 Å². The van der Waals surface area contributed by atoms with Crippen molar-refractivity contribution in [2.45, 2.75) is 45.6 Å². The Kier molecular flexibility index (Phi) is 4.80. The lowest BCUT2D eigenvalue weighted by atomic mass is 10.1. The van der Waals surface area contributed by atoms with Gasteiger partial charge in [0.25, 0.3) is 0 Å². The summed E-state index contributed by atoms with van der Waals surface area (Å²) in [6.45, 7) is 6.61. The van der Waals surface area contributed by atoms with Gasteiger partial charge in [-0.05, 0) is 51.9 Å². The number of hydrogen-bond acceptors (Lipinski definition) is 3. The molecule has 0 aliphatic heterocycles. The van der Waals surface area contributed by atoms with Crippen LogP contribution in [0.2, 0.25) is 0 Å². The van der Waals surface area contributed by atoms with E-state index in [-0.39, 0.29) is 12.7 Å². The van der Waals surface area contributed by atoms with E-state index in [0.717, 1.165) is 25.8 Å². The maximum Gasteiger partial charge on any atom is 0.410 e. The molecule has 0 saturated heterocycles. The van der Waals surface area contributed by atoms with Crippen molar-refractivity contribution in [3.05, 3.63) is 0 Å². The van der Waals surface area contributed by atoms with Crippen molar-refractivity contribution in [2.24, 2.45) is 11.8 Å². The summed E-state index contributed by atoms with van der Waals surface area (Å²) >= 11 is 0. The molecule has 1 amide bonds. The van der Waals surface area contributed by atoms with Gasteiger partial charge in [0.15, 0.2) is 0 Å². The number of ether oxygens (including phenoxy) is 1. The van der Waals surface area contributed by atoms with Crippen LogP contribution in [0.15, 0.2) is 0 Å². The molecule has 1 aliphatic rings. The quantitative estimate of drug-likeness (QED) is 0.827. The first-order valence-corrected chi connectivity index (χ1v) is 6.37. The van der Waals surface area contributed by atoms with Gasteiger partial charge in [-0.3, -0.25) is 0 Å². The van der Waals surface area contributed by atoms with E-state index in [4.69, 9.17) is 9.84 Å². The predicted octanol–water partition coefficient (Wildman–Crippen LogP) is 2.26. The highest BCUT2D eigenvalue weighted by Crippen LogP contribution is 2.30. The SMILES string of the molecule is CN(CC1CCC(CO)C1)C(=O)OC(C)(C)C. The number of nitrogens with zero attached hydrogens (tertiary/aromatic N) is 1. The number of aliphatic hydroxyl groups is 1. The Morgan fingerprint density at radius 2 is 1.94 bits per heavy atom. The molecule has 100 valence electrons. The van der Waals surface area contributed by atoms with Crippen LogP contribution < -0.4 is 0 Å². The van der Waals surface area contributed by atoms with Gasteiger partial charge in [0.1, 0.15) is 5.60 Å². The van der Waals surface area contributed by atoms with Gasteiger partial charge in [-0.25, -0.2) is 4.79 Å². The van der Waals surface area contributed by atoms with Gasteiger partial charge < -0.3 is 14.7 Å². The molecule has 0 bridgehead atoms. The second kappa shape index (κ2) is 5.71. The lowest BCUT2D eigenvalue weighted by Gasteiger charge is -2.26. The number of aliphatic hydroxyl groups excluding tert-OH is 1. The van der Waals surface area contributed by atoms with E-state index < -0.39 is 5.60 Å². The van der Waals surface area contributed by atoms with Crippen LogP contribution in [0.3, 0.4) is 0 Å². The molecule has 1 saturated carbocycles. The maximum absolute atomic E-state index is 11.8. The van der Waals surface area contributed by atoms with E-state index in [1.807, 2.05) is 20.8 Å². The molecule has 0 spiro atoms. The number of rotatable bonds is 3. The standard InChI is InChI=1S/C13H25NO3/c1-13(2,3)17-12(16)14(4)8-10-5-6-11(7-10)9-15/h10-11,15H,5-9H2,1-4H3. The molecule has 4 heteroatoms. The minimum absolute atomic E-state index is 0.259. The van der Waals surface area contributed by atoms with E-state index in [1.54, 1.807) is 11.9 Å². The third-order valence-electron chi connectivity index (χ3n) is 3.15. The molecule has 2 atom stereocenters. The van der Waals surface area contributed by atoms with E-state index in [1.165, 1.54) is 0 Å². The summed E-state index contributed by atoms with van der Waals surface area (Å²) in [6, 6.07) is 0. The Hall–Kier alpha value is -0.770. The molecular formula is C13H25NO3. The van der Waals surface area contributed by atoms with Gasteiger partial charge in [-0.15, -0.1) is 0 Å². The second-order valence-corrected chi connectivity index (χ2v) is 6.09. The second-order valence-electron chi connectivity index (χ2n) is 6.09. The van der Waals surface area contributed by atoms with Crippen LogP contribution in [0.1, 0.15) is 40.0 Å². The fraction of sp³-hybridized carbons (Fsp3) is 0.923. The van der Waals surface area contributed by atoms with Crippen LogP contribution in [0, 0.1) is 11.8 Å². The Labute approximate surface area is 104 Å². The highest BCUT2D eigenvalue weighted by atomic mass is 16.6. The third kappa shape index (κ3) is 4.94. The first kappa shape index (κ1) is 14.3. The van der Waals surface area contributed by atoms with Gasteiger partial charge >= 0.3 is 6.09 Å². The molecule has 1 aliphatic carbocycles. The Bertz CT molecular complexity index is 260. The first-order valence-electron chi connectivity index (χ1n) is 6.37. The lowest BCUT2D eigenvalue weighted by molar-refractivity contribution is 0.0273. The fourth-order valence-corrected chi connectivity index (χ4v) is 2.31. The molecule has 1 fully saturated rings. The highest BCUT2D eigenvalue weighted by molar-refractivity contribution is 5.67. The summed E-state index contributed by atoms with van der Waals surface area (Å²) in [7, 11) is 1.78. The van der Waals surface area contributed by atoms with Crippen LogP contribution in [0.5, 0.6) is 0 Å². The lowest BCUT2D eigenvalue weighted by Crippen LogP contribution is -2.36. The smallest absolute Gasteiger partial charge is 0.410 e. The van der Waals surface area contributed by atoms with Crippen molar-refractivity contribution in [2.75, 3.05) is 20.2 Å². The molecule has 1 N–H and O–H groups in total. The zero-order valence-electron chi connectivity index (χ0n) is 11.4. The topological polar surface area (TPSA) is 49.8 Å². The van der Waals surface area contributed by atoms with Crippen molar-refractivity contribution in [3.63, 3.8) is 0 Å². The summed E-state index contributed by atoms with van der Waals surface area (Å²) in [5.41, 5.74) is -0.436. The zero-order chi connectivity index (χ0) is 13.1. The Balaban J connectivity index is 2.34. The zero-order valence-corrected chi connectivity index (χ0v) is 11.4. The molecule has 1 rings (SSSR count). The number of hydrogen-bond donors (Lipinski definition) is 1. The molecule has 0 aromatic carbocycles. The number of carbonyl (C=O) groups excluding carboxylic acids is 1. The van der Waals surface area contributed by atoms with Crippen LogP contribution in [-0.2, 0) is 4.74 Å². The number of amides is 1. The van der Waals surface area contributed by atoms with Crippen molar-refractivity contribution >= 4 is 6.09 Å². The van der Waals surface area contributed by atoms with Gasteiger partial charge in [0, 0.05) is 20.2 Å². The molecule has 4 nitrogen and oxygen atoms in total. The van der Waals surface area contributed by atoms with Crippen molar-refractivity contribution in [1.29, 1.82) is 0 Å². The van der Waals surface area contributed by atoms with E-state index in [0.29, 0.717) is 11.8 Å². The summed E-state index contributed by atoms with van der Waals surface area (Å²) in [5.74, 6) is 0.928. The summed E-state index contributed by atoms with van der Waals surface area (Å²) in [4.78, 5) is 13.4. The summed E-state index contributed by atoms with van der Waals surface area (Å²) < 4.78 is 5.30. The first-order chi connectivity index (χ1) is 7.81. The molecule has 0 radical (unpaired) electrons. The minimum Gasteiger partial charge on any atom is -0.444 e. The van der Waals surface area contributed by atoms with Gasteiger partial charge in [0.2, 0.25) is 0 Å². The van der Waals surface area contributed by atoms with Crippen molar-refractivity contribution < 1.29 is 14.6 Å². The molecule has 0 heterocycles. The summed E-state index contributed by atoms with van der Waals surface area (Å²) in [5, 5.41) is 9.07. The van der Waals surface area contributed by atoms with Crippen LogP contribution in [0.25, 0.3) is 0 Å². The molecule has 0 aromatic rings. The van der Waals surface area contributed by atoms with Crippen LogP contribution in [-0.4, -0.2) is 41.9 Å². The minimum atomic E-state index is -0.436. The Morgan fingerprint density at radius 1 is 1.35 bits per heavy atom. The monoisotopic (exact) mass is 243 g/mol. The van der Waals surface area contributed by atoms with E-state index in [2.05, 4.69) is 0 Å². The largest absolute Gasteiger partial charge is 0.444 e. The summed E-state index contributed by atoms with van der Waals surface area (Å²) in [6.07, 6.45) is 2.93. The van der Waals surface area contributed by atoms with Crippen LogP contribution in [0.4, 0.5) is 4.79 Å². The highest BCUT2D eigenvalue weighted by Gasteiger charge is 2.27. The molecule has 0 aromatic heterocycles. The average Bonchev–Trinajstić information content (AvgIpc) is 2.62. The average molecular weight is 243 g/mol. The predicted molar refractivity (Wildman–Crippen MR) is 66.8 cm³/mol. The van der Waals surface area contributed by atoms with Crippen molar-refractivity contribution in [3.8, 4) is 0 Å².